The zero-order chi connectivity index (χ0) is 16.2. The number of carbonyl (C=O) groups excluding carboxylic acids is 1. The Bertz CT molecular complexity index is 741. The molecule has 0 radical (unpaired) electrons. The van der Waals surface area contributed by atoms with Crippen molar-refractivity contribution in [3.8, 4) is 0 Å². The standard InChI is InChI=1S/C17H17N3O3/c21-17(18-15-5-7-16(8-6-15)20(22)23)12-19-10-9-13-3-1-2-4-14(13)11-19/h5-11H,1-4,12H2/p+1. The van der Waals surface area contributed by atoms with Crippen LogP contribution < -0.4 is 9.88 Å². The molecule has 6 nitrogen and oxygen atoms in total. The topological polar surface area (TPSA) is 76.1 Å². The zero-order valence-corrected chi connectivity index (χ0v) is 12.7. The molecular weight excluding hydrogens is 294 g/mol. The van der Waals surface area contributed by atoms with E-state index in [1.165, 1.54) is 48.2 Å². The van der Waals surface area contributed by atoms with Crippen molar-refractivity contribution in [3.05, 3.63) is 64.0 Å². The summed E-state index contributed by atoms with van der Waals surface area (Å²) < 4.78 is 1.88. The van der Waals surface area contributed by atoms with Gasteiger partial charge >= 0.3 is 0 Å². The molecule has 1 aromatic carbocycles. The maximum atomic E-state index is 12.1. The van der Waals surface area contributed by atoms with Gasteiger partial charge in [0.05, 0.1) is 4.92 Å². The van der Waals surface area contributed by atoms with E-state index in [9.17, 15) is 14.9 Å². The van der Waals surface area contributed by atoms with E-state index in [1.54, 1.807) is 0 Å². The van der Waals surface area contributed by atoms with Gasteiger partial charge in [0.1, 0.15) is 0 Å². The summed E-state index contributed by atoms with van der Waals surface area (Å²) in [5, 5.41) is 13.4. The number of nitrogens with one attached hydrogen (secondary N) is 1. The number of pyridine rings is 1. The Balaban J connectivity index is 1.64. The number of nitro groups is 1. The van der Waals surface area contributed by atoms with Crippen LogP contribution in [0.15, 0.2) is 42.7 Å². The van der Waals surface area contributed by atoms with Gasteiger partial charge in [0.15, 0.2) is 12.4 Å². The highest BCUT2D eigenvalue weighted by Gasteiger charge is 2.16. The monoisotopic (exact) mass is 312 g/mol. The lowest BCUT2D eigenvalue weighted by molar-refractivity contribution is -0.684. The van der Waals surface area contributed by atoms with Crippen LogP contribution >= 0.6 is 0 Å². The van der Waals surface area contributed by atoms with Crippen molar-refractivity contribution < 1.29 is 14.3 Å². The SMILES string of the molecule is O=C(C[n+]1ccc2c(c1)CCCC2)Nc1ccc([N+](=O)[O-])cc1. The van der Waals surface area contributed by atoms with Gasteiger partial charge in [0.2, 0.25) is 6.54 Å². The molecular formula is C17H18N3O3+. The highest BCUT2D eigenvalue weighted by atomic mass is 16.6. The molecule has 1 aromatic heterocycles. The molecule has 1 amide bonds. The fourth-order valence-electron chi connectivity index (χ4n) is 2.85. The number of rotatable bonds is 4. The third-order valence-electron chi connectivity index (χ3n) is 4.03. The Hall–Kier alpha value is -2.76. The largest absolute Gasteiger partial charge is 0.321 e. The Morgan fingerprint density at radius 1 is 1.13 bits per heavy atom. The van der Waals surface area contributed by atoms with Crippen molar-refractivity contribution in [2.75, 3.05) is 5.32 Å². The number of anilines is 1. The summed E-state index contributed by atoms with van der Waals surface area (Å²) in [5.41, 5.74) is 3.26. The van der Waals surface area contributed by atoms with Crippen molar-refractivity contribution in [2.45, 2.75) is 32.2 Å². The number of aryl methyl sites for hydroxylation is 2. The lowest BCUT2D eigenvalue weighted by Gasteiger charge is -2.13. The first-order valence-electron chi connectivity index (χ1n) is 7.67. The van der Waals surface area contributed by atoms with Gasteiger partial charge in [-0.15, -0.1) is 0 Å². The number of aromatic nitrogens is 1. The summed E-state index contributed by atoms with van der Waals surface area (Å²) in [7, 11) is 0. The Kier molecular flexibility index (Phi) is 4.32. The number of hydrogen-bond donors (Lipinski definition) is 1. The van der Waals surface area contributed by atoms with Gasteiger partial charge in [-0.3, -0.25) is 14.9 Å². The second-order valence-electron chi connectivity index (χ2n) is 5.73. The van der Waals surface area contributed by atoms with Crippen LogP contribution in [0.1, 0.15) is 24.0 Å². The molecule has 1 aliphatic carbocycles. The minimum absolute atomic E-state index is 0.00654. The number of benzene rings is 1. The average Bonchev–Trinajstić information content (AvgIpc) is 2.55. The first-order chi connectivity index (χ1) is 11.1. The summed E-state index contributed by atoms with van der Waals surface area (Å²) >= 11 is 0. The van der Waals surface area contributed by atoms with E-state index in [0.717, 1.165) is 12.8 Å². The predicted octanol–water partition coefficient (Wildman–Crippen LogP) is 2.40. The number of nitro benzene ring substituents is 1. The molecule has 0 fully saturated rings. The lowest BCUT2D eigenvalue weighted by atomic mass is 9.93. The molecule has 0 saturated carbocycles. The number of carbonyl (C=O) groups is 1. The van der Waals surface area contributed by atoms with Crippen LogP contribution in [0.3, 0.4) is 0 Å². The first-order valence-corrected chi connectivity index (χ1v) is 7.67. The minimum atomic E-state index is -0.464. The highest BCUT2D eigenvalue weighted by Crippen LogP contribution is 2.19. The van der Waals surface area contributed by atoms with Crippen LogP contribution in [0.5, 0.6) is 0 Å². The van der Waals surface area contributed by atoms with Crippen LogP contribution in [0.25, 0.3) is 0 Å². The number of amides is 1. The van der Waals surface area contributed by atoms with E-state index >= 15 is 0 Å². The van der Waals surface area contributed by atoms with E-state index < -0.39 is 4.92 Å². The zero-order valence-electron chi connectivity index (χ0n) is 12.7. The normalized spacial score (nSPS) is 13.2. The van der Waals surface area contributed by atoms with E-state index in [1.807, 2.05) is 17.0 Å². The molecule has 23 heavy (non-hydrogen) atoms. The molecule has 6 heteroatoms. The minimum Gasteiger partial charge on any atom is -0.321 e. The van der Waals surface area contributed by atoms with Crippen LogP contribution in [-0.4, -0.2) is 10.8 Å². The van der Waals surface area contributed by atoms with Crippen molar-refractivity contribution in [2.24, 2.45) is 0 Å². The Labute approximate surface area is 133 Å². The molecule has 0 saturated heterocycles. The fourth-order valence-corrected chi connectivity index (χ4v) is 2.85. The van der Waals surface area contributed by atoms with Gasteiger partial charge in [-0.05, 0) is 43.4 Å². The predicted molar refractivity (Wildman–Crippen MR) is 85.0 cm³/mol. The molecule has 0 aliphatic heterocycles. The Morgan fingerprint density at radius 3 is 2.52 bits per heavy atom. The van der Waals surface area contributed by atoms with Gasteiger partial charge in [-0.1, -0.05) is 0 Å². The molecule has 118 valence electrons. The molecule has 0 unspecified atom stereocenters. The summed E-state index contributed by atoms with van der Waals surface area (Å²) in [6.45, 7) is 0.226. The quantitative estimate of drug-likeness (QED) is 0.535. The lowest BCUT2D eigenvalue weighted by Crippen LogP contribution is -2.40. The number of fused-ring (bicyclic) bond motifs is 1. The van der Waals surface area contributed by atoms with Gasteiger partial charge < -0.3 is 5.32 Å². The van der Waals surface area contributed by atoms with Gasteiger partial charge in [-0.25, -0.2) is 0 Å². The molecule has 0 bridgehead atoms. The molecule has 0 atom stereocenters. The van der Waals surface area contributed by atoms with E-state index in [0.29, 0.717) is 5.69 Å². The van der Waals surface area contributed by atoms with E-state index in [2.05, 4.69) is 11.4 Å². The van der Waals surface area contributed by atoms with Crippen molar-refractivity contribution in [1.29, 1.82) is 0 Å². The van der Waals surface area contributed by atoms with Crippen LogP contribution in [0, 0.1) is 10.1 Å². The molecule has 1 aliphatic rings. The van der Waals surface area contributed by atoms with Gasteiger partial charge in [0.25, 0.3) is 11.6 Å². The molecule has 3 rings (SSSR count). The maximum Gasteiger partial charge on any atom is 0.290 e. The van der Waals surface area contributed by atoms with Gasteiger partial charge in [0, 0.05) is 29.4 Å². The maximum absolute atomic E-state index is 12.1. The average molecular weight is 312 g/mol. The Morgan fingerprint density at radius 2 is 1.83 bits per heavy atom. The van der Waals surface area contributed by atoms with Crippen LogP contribution in [0.4, 0.5) is 11.4 Å². The molecule has 1 heterocycles. The second kappa shape index (κ2) is 6.56. The number of nitrogens with zero attached hydrogens (tertiary/aromatic N) is 2. The molecule has 1 N–H and O–H groups in total. The van der Waals surface area contributed by atoms with E-state index in [4.69, 9.17) is 0 Å². The number of non-ortho nitro benzene ring substituents is 1. The van der Waals surface area contributed by atoms with E-state index in [-0.39, 0.29) is 18.1 Å². The summed E-state index contributed by atoms with van der Waals surface area (Å²) in [6.07, 6.45) is 8.60. The number of hydrogen-bond acceptors (Lipinski definition) is 3. The smallest absolute Gasteiger partial charge is 0.290 e. The summed E-state index contributed by atoms with van der Waals surface area (Å²) in [6, 6.07) is 7.91. The van der Waals surface area contributed by atoms with Crippen LogP contribution in [0.2, 0.25) is 0 Å². The third kappa shape index (κ3) is 3.71. The molecule has 0 spiro atoms. The van der Waals surface area contributed by atoms with Crippen molar-refractivity contribution >= 4 is 17.3 Å². The highest BCUT2D eigenvalue weighted by molar-refractivity contribution is 5.89. The third-order valence-corrected chi connectivity index (χ3v) is 4.03. The second-order valence-corrected chi connectivity index (χ2v) is 5.73. The van der Waals surface area contributed by atoms with Crippen molar-refractivity contribution in [3.63, 3.8) is 0 Å². The van der Waals surface area contributed by atoms with Crippen LogP contribution in [-0.2, 0) is 24.2 Å². The first kappa shape index (κ1) is 15.1. The fraction of sp³-hybridized carbons (Fsp3) is 0.294. The van der Waals surface area contributed by atoms with Crippen molar-refractivity contribution in [1.82, 2.24) is 0 Å². The summed E-state index contributed by atoms with van der Waals surface area (Å²) in [5.74, 6) is -0.153. The molecule has 2 aromatic rings. The summed E-state index contributed by atoms with van der Waals surface area (Å²) in [4.78, 5) is 22.2. The van der Waals surface area contributed by atoms with Gasteiger partial charge in [-0.2, -0.15) is 4.57 Å².